The first-order valence-corrected chi connectivity index (χ1v) is 6.20. The van der Waals surface area contributed by atoms with Crippen LogP contribution in [0.15, 0.2) is 23.4 Å². The average molecular weight is 257 g/mol. The quantitative estimate of drug-likeness (QED) is 0.492. The van der Waals surface area contributed by atoms with Crippen molar-refractivity contribution in [3.05, 3.63) is 23.4 Å². The number of aliphatic carboxylic acids is 1. The van der Waals surface area contributed by atoms with Crippen LogP contribution in [0.5, 0.6) is 0 Å². The lowest BCUT2D eigenvalue weighted by Crippen LogP contribution is -2.14. The van der Waals surface area contributed by atoms with Crippen molar-refractivity contribution >= 4 is 5.97 Å². The number of hydrogen-bond acceptors (Lipinski definition) is 3. The number of carbonyl (C=O) groups is 1. The summed E-state index contributed by atoms with van der Waals surface area (Å²) in [6.45, 7) is 0. The van der Waals surface area contributed by atoms with Crippen molar-refractivity contribution in [1.29, 1.82) is 0 Å². The van der Waals surface area contributed by atoms with Gasteiger partial charge < -0.3 is 5.11 Å². The maximum absolute atomic E-state index is 12.8. The fraction of sp³-hybridized carbons (Fsp3) is 0.615. The fourth-order valence-electron chi connectivity index (χ4n) is 1.95. The Kier molecular flexibility index (Phi) is 6.43. The molecule has 1 aliphatic rings. The van der Waals surface area contributed by atoms with Crippen molar-refractivity contribution in [2.24, 2.45) is 0 Å². The molecule has 0 aromatic heterocycles. The molecule has 1 aliphatic carbocycles. The molecule has 0 heterocycles. The van der Waals surface area contributed by atoms with E-state index in [9.17, 15) is 9.18 Å². The highest BCUT2D eigenvalue weighted by molar-refractivity contribution is 5.71. The molecule has 0 aliphatic heterocycles. The van der Waals surface area contributed by atoms with Crippen LogP contribution in [-0.2, 0) is 9.63 Å². The van der Waals surface area contributed by atoms with Gasteiger partial charge in [0.05, 0.1) is 12.8 Å². The van der Waals surface area contributed by atoms with E-state index in [-0.39, 0.29) is 6.42 Å². The zero-order valence-electron chi connectivity index (χ0n) is 10.6. The molecule has 0 aromatic carbocycles. The van der Waals surface area contributed by atoms with Crippen LogP contribution in [0.25, 0.3) is 0 Å². The minimum Gasteiger partial charge on any atom is -0.479 e. The smallest absolute Gasteiger partial charge is 0.338 e. The number of carboxylic acids is 1. The third-order valence-corrected chi connectivity index (χ3v) is 2.92. The Morgan fingerprint density at radius 3 is 2.94 bits per heavy atom. The van der Waals surface area contributed by atoms with Gasteiger partial charge in [-0.3, -0.25) is 10.3 Å². The highest BCUT2D eigenvalue weighted by Crippen LogP contribution is 2.22. The summed E-state index contributed by atoms with van der Waals surface area (Å²) < 4.78 is 12.8. The minimum atomic E-state index is -1.72. The number of hydrogen-bond donors (Lipinski definition) is 2. The third-order valence-electron chi connectivity index (χ3n) is 2.92. The van der Waals surface area contributed by atoms with Gasteiger partial charge in [-0.15, -0.1) is 0 Å². The first-order chi connectivity index (χ1) is 8.65. The summed E-state index contributed by atoms with van der Waals surface area (Å²) in [4.78, 5) is 15.1. The standard InChI is InChI=1S/C13H20FNO3/c1-18-15-12-9-5-7-10(12)6-3-2-4-8-11(14)13(16)17/h7,9,11,15H,2-6,8H2,1H3,(H,16,17). The van der Waals surface area contributed by atoms with Crippen molar-refractivity contribution in [1.82, 2.24) is 5.48 Å². The Morgan fingerprint density at radius 2 is 2.28 bits per heavy atom. The Labute approximate surface area is 106 Å². The number of halogens is 1. The summed E-state index contributed by atoms with van der Waals surface area (Å²) in [5.41, 5.74) is 5.04. The van der Waals surface area contributed by atoms with E-state index in [4.69, 9.17) is 9.94 Å². The van der Waals surface area contributed by atoms with E-state index in [2.05, 4.69) is 17.6 Å². The van der Waals surface area contributed by atoms with Crippen molar-refractivity contribution < 1.29 is 19.1 Å². The largest absolute Gasteiger partial charge is 0.479 e. The molecular formula is C13H20FNO3. The second-order valence-corrected chi connectivity index (χ2v) is 4.29. The molecule has 0 amide bonds. The van der Waals surface area contributed by atoms with Crippen molar-refractivity contribution in [2.75, 3.05) is 7.11 Å². The number of hydroxylamine groups is 1. The van der Waals surface area contributed by atoms with Gasteiger partial charge in [0.2, 0.25) is 0 Å². The summed E-state index contributed by atoms with van der Waals surface area (Å²) in [7, 11) is 1.57. The maximum atomic E-state index is 12.8. The van der Waals surface area contributed by atoms with Gasteiger partial charge in [-0.05, 0) is 37.7 Å². The second-order valence-electron chi connectivity index (χ2n) is 4.29. The number of allylic oxidation sites excluding steroid dienone is 3. The summed E-state index contributed by atoms with van der Waals surface area (Å²) >= 11 is 0. The lowest BCUT2D eigenvalue weighted by Gasteiger charge is -2.09. The van der Waals surface area contributed by atoms with Crippen molar-refractivity contribution in [2.45, 2.75) is 44.7 Å². The molecule has 4 nitrogen and oxygen atoms in total. The number of unbranched alkanes of at least 4 members (excludes halogenated alkanes) is 2. The lowest BCUT2D eigenvalue weighted by atomic mass is 10.0. The lowest BCUT2D eigenvalue weighted by molar-refractivity contribution is -0.143. The number of rotatable bonds is 9. The predicted molar refractivity (Wildman–Crippen MR) is 66.5 cm³/mol. The van der Waals surface area contributed by atoms with Gasteiger partial charge in [-0.25, -0.2) is 9.18 Å². The van der Waals surface area contributed by atoms with E-state index in [1.54, 1.807) is 7.11 Å². The van der Waals surface area contributed by atoms with Gasteiger partial charge in [0.1, 0.15) is 0 Å². The van der Waals surface area contributed by atoms with Crippen LogP contribution in [0, 0.1) is 0 Å². The minimum absolute atomic E-state index is 0.105. The molecule has 0 saturated heterocycles. The van der Waals surface area contributed by atoms with Crippen LogP contribution in [0.2, 0.25) is 0 Å². The molecule has 0 spiro atoms. The molecule has 0 aromatic rings. The van der Waals surface area contributed by atoms with E-state index in [1.165, 1.54) is 5.57 Å². The summed E-state index contributed by atoms with van der Waals surface area (Å²) in [6.07, 6.45) is 6.77. The summed E-state index contributed by atoms with van der Waals surface area (Å²) in [6, 6.07) is 0. The molecule has 1 rings (SSSR count). The number of carboxylic acid groups (broad SMARTS) is 1. The van der Waals surface area contributed by atoms with E-state index < -0.39 is 12.1 Å². The Hall–Kier alpha value is -1.36. The molecule has 2 N–H and O–H groups in total. The zero-order chi connectivity index (χ0) is 13.4. The Morgan fingerprint density at radius 1 is 1.50 bits per heavy atom. The molecule has 0 fully saturated rings. The van der Waals surface area contributed by atoms with E-state index >= 15 is 0 Å². The summed E-state index contributed by atoms with van der Waals surface area (Å²) in [5, 5.41) is 8.39. The normalized spacial score (nSPS) is 16.1. The van der Waals surface area contributed by atoms with Crippen LogP contribution in [-0.4, -0.2) is 24.4 Å². The second kappa shape index (κ2) is 7.87. The molecule has 0 saturated carbocycles. The molecule has 102 valence electrons. The molecule has 5 heteroatoms. The van der Waals surface area contributed by atoms with Gasteiger partial charge >= 0.3 is 5.97 Å². The topological polar surface area (TPSA) is 58.6 Å². The van der Waals surface area contributed by atoms with Gasteiger partial charge in [0.25, 0.3) is 0 Å². The van der Waals surface area contributed by atoms with Gasteiger partial charge in [0.15, 0.2) is 6.17 Å². The first kappa shape index (κ1) is 14.7. The highest BCUT2D eigenvalue weighted by atomic mass is 19.1. The molecule has 1 atom stereocenters. The SMILES string of the molecule is CONC1=CCC=C1CCCCCC(F)C(=O)O. The monoisotopic (exact) mass is 257 g/mol. The molecule has 18 heavy (non-hydrogen) atoms. The Bertz CT molecular complexity index is 339. The van der Waals surface area contributed by atoms with Crippen LogP contribution >= 0.6 is 0 Å². The third kappa shape index (κ3) is 4.87. The first-order valence-electron chi connectivity index (χ1n) is 6.20. The zero-order valence-corrected chi connectivity index (χ0v) is 10.6. The van der Waals surface area contributed by atoms with Crippen molar-refractivity contribution in [3.63, 3.8) is 0 Å². The van der Waals surface area contributed by atoms with Crippen LogP contribution in [0.4, 0.5) is 4.39 Å². The van der Waals surface area contributed by atoms with Gasteiger partial charge in [0, 0.05) is 0 Å². The predicted octanol–water partition coefficient (Wildman–Crippen LogP) is 2.72. The number of nitrogens with one attached hydrogen (secondary N) is 1. The number of alkyl halides is 1. The van der Waals surface area contributed by atoms with E-state index in [0.717, 1.165) is 31.4 Å². The fourth-order valence-corrected chi connectivity index (χ4v) is 1.95. The van der Waals surface area contributed by atoms with Gasteiger partial charge in [-0.2, -0.15) is 0 Å². The Balaban J connectivity index is 2.12. The van der Waals surface area contributed by atoms with Crippen LogP contribution in [0.3, 0.4) is 0 Å². The molecule has 0 radical (unpaired) electrons. The van der Waals surface area contributed by atoms with Crippen LogP contribution < -0.4 is 5.48 Å². The van der Waals surface area contributed by atoms with Crippen LogP contribution in [0.1, 0.15) is 38.5 Å². The molecular weight excluding hydrogens is 237 g/mol. The van der Waals surface area contributed by atoms with E-state index in [1.807, 2.05) is 0 Å². The molecule has 1 unspecified atom stereocenters. The summed E-state index contributed by atoms with van der Waals surface area (Å²) in [5.74, 6) is -1.36. The van der Waals surface area contributed by atoms with E-state index in [0.29, 0.717) is 6.42 Å². The van der Waals surface area contributed by atoms with Crippen molar-refractivity contribution in [3.8, 4) is 0 Å². The highest BCUT2D eigenvalue weighted by Gasteiger charge is 2.14. The van der Waals surface area contributed by atoms with Gasteiger partial charge in [-0.1, -0.05) is 18.6 Å². The maximum Gasteiger partial charge on any atom is 0.338 e. The average Bonchev–Trinajstić information content (AvgIpc) is 2.76. The molecule has 0 bridgehead atoms.